The van der Waals surface area contributed by atoms with E-state index in [2.05, 4.69) is 25.1 Å². The number of hydrogen-bond donors (Lipinski definition) is 2. The van der Waals surface area contributed by atoms with Gasteiger partial charge in [0.15, 0.2) is 5.65 Å². The molecule has 1 saturated heterocycles. The van der Waals surface area contributed by atoms with E-state index in [0.29, 0.717) is 31.6 Å². The van der Waals surface area contributed by atoms with E-state index in [9.17, 15) is 4.79 Å². The van der Waals surface area contributed by atoms with E-state index in [0.717, 1.165) is 21.8 Å². The van der Waals surface area contributed by atoms with Gasteiger partial charge < -0.3 is 10.0 Å². The average molecular weight is 329 g/mol. The maximum atomic E-state index is 11.1. The number of hydrogen-bond acceptors (Lipinski definition) is 6. The van der Waals surface area contributed by atoms with Gasteiger partial charge in [0, 0.05) is 13.1 Å². The number of carbonyl (C=O) groups is 1. The van der Waals surface area contributed by atoms with E-state index in [1.807, 2.05) is 17.5 Å². The first-order valence-corrected chi connectivity index (χ1v) is 8.32. The summed E-state index contributed by atoms with van der Waals surface area (Å²) in [6.45, 7) is 1.36. The van der Waals surface area contributed by atoms with E-state index in [1.165, 1.54) is 6.33 Å². The highest BCUT2D eigenvalue weighted by Gasteiger charge is 2.27. The summed E-state index contributed by atoms with van der Waals surface area (Å²) in [6.07, 6.45) is 2.78. The Kier molecular flexibility index (Phi) is 3.45. The number of aromatic amines is 1. The van der Waals surface area contributed by atoms with Crippen molar-refractivity contribution in [1.82, 2.24) is 20.2 Å². The second kappa shape index (κ2) is 5.62. The van der Waals surface area contributed by atoms with Crippen LogP contribution in [-0.4, -0.2) is 44.3 Å². The molecule has 7 nitrogen and oxygen atoms in total. The molecule has 0 saturated carbocycles. The molecule has 0 aromatic carbocycles. The average Bonchev–Trinajstić information content (AvgIpc) is 3.23. The molecule has 1 aliphatic heterocycles. The van der Waals surface area contributed by atoms with Gasteiger partial charge >= 0.3 is 5.97 Å². The summed E-state index contributed by atoms with van der Waals surface area (Å²) < 4.78 is 0. The van der Waals surface area contributed by atoms with Crippen LogP contribution >= 0.6 is 11.3 Å². The number of nitrogens with one attached hydrogen (secondary N) is 1. The van der Waals surface area contributed by atoms with Crippen LogP contribution in [0.1, 0.15) is 12.8 Å². The van der Waals surface area contributed by atoms with Gasteiger partial charge in [0.05, 0.1) is 21.9 Å². The Morgan fingerprint density at radius 2 is 2.17 bits per heavy atom. The zero-order chi connectivity index (χ0) is 15.8. The van der Waals surface area contributed by atoms with Crippen molar-refractivity contribution in [2.24, 2.45) is 5.92 Å². The standard InChI is InChI=1S/C15H15N5O2S/c21-15(22)9-3-5-20(6-4-9)14-11-12(10-2-1-7-23-10)18-19-13(11)16-8-17-14/h1-2,7-9H,3-6H2,(H,21,22)(H,16,17,18,19). The molecular formula is C15H15N5O2S. The highest BCUT2D eigenvalue weighted by Crippen LogP contribution is 2.35. The molecule has 0 bridgehead atoms. The Labute approximate surface area is 136 Å². The highest BCUT2D eigenvalue weighted by molar-refractivity contribution is 7.13. The van der Waals surface area contributed by atoms with Gasteiger partial charge in [0.25, 0.3) is 0 Å². The van der Waals surface area contributed by atoms with Crippen molar-refractivity contribution in [3.05, 3.63) is 23.8 Å². The van der Waals surface area contributed by atoms with E-state index in [-0.39, 0.29) is 5.92 Å². The van der Waals surface area contributed by atoms with Gasteiger partial charge in [0.1, 0.15) is 12.1 Å². The van der Waals surface area contributed by atoms with E-state index >= 15 is 0 Å². The number of aromatic nitrogens is 4. The molecule has 0 unspecified atom stereocenters. The van der Waals surface area contributed by atoms with Crippen molar-refractivity contribution >= 4 is 34.2 Å². The predicted octanol–water partition coefficient (Wildman–Crippen LogP) is 2.38. The molecule has 118 valence electrons. The number of nitrogens with zero attached hydrogens (tertiary/aromatic N) is 4. The fourth-order valence-corrected chi connectivity index (χ4v) is 3.74. The Morgan fingerprint density at radius 1 is 1.35 bits per heavy atom. The van der Waals surface area contributed by atoms with Crippen molar-refractivity contribution < 1.29 is 9.90 Å². The minimum atomic E-state index is -0.708. The Balaban J connectivity index is 1.73. The first-order valence-electron chi connectivity index (χ1n) is 7.44. The van der Waals surface area contributed by atoms with Gasteiger partial charge in [-0.05, 0) is 24.3 Å². The monoisotopic (exact) mass is 329 g/mol. The largest absolute Gasteiger partial charge is 0.481 e. The minimum absolute atomic E-state index is 0.260. The lowest BCUT2D eigenvalue weighted by Gasteiger charge is -2.31. The second-order valence-electron chi connectivity index (χ2n) is 5.57. The molecule has 0 spiro atoms. The van der Waals surface area contributed by atoms with Crippen molar-refractivity contribution in [3.63, 3.8) is 0 Å². The molecule has 0 aliphatic carbocycles. The molecule has 1 fully saturated rings. The van der Waals surface area contributed by atoms with Gasteiger partial charge in [-0.15, -0.1) is 11.3 Å². The zero-order valence-electron chi connectivity index (χ0n) is 12.3. The summed E-state index contributed by atoms with van der Waals surface area (Å²) in [5, 5.41) is 19.4. The van der Waals surface area contributed by atoms with Crippen LogP contribution in [0.3, 0.4) is 0 Å². The number of carboxylic acid groups (broad SMARTS) is 1. The normalized spacial score (nSPS) is 16.1. The molecular weight excluding hydrogens is 314 g/mol. The summed E-state index contributed by atoms with van der Waals surface area (Å²) in [4.78, 5) is 23.0. The van der Waals surface area contributed by atoms with Crippen LogP contribution in [0.15, 0.2) is 23.8 Å². The highest BCUT2D eigenvalue weighted by atomic mass is 32.1. The molecule has 0 radical (unpaired) electrons. The lowest BCUT2D eigenvalue weighted by Crippen LogP contribution is -2.36. The number of fused-ring (bicyclic) bond motifs is 1. The zero-order valence-corrected chi connectivity index (χ0v) is 13.1. The van der Waals surface area contributed by atoms with Crippen molar-refractivity contribution in [1.29, 1.82) is 0 Å². The number of anilines is 1. The number of carboxylic acids is 1. The van der Waals surface area contributed by atoms with Crippen molar-refractivity contribution in [2.75, 3.05) is 18.0 Å². The quantitative estimate of drug-likeness (QED) is 0.766. The molecule has 3 aromatic rings. The van der Waals surface area contributed by atoms with Crippen LogP contribution in [0.5, 0.6) is 0 Å². The van der Waals surface area contributed by atoms with Crippen molar-refractivity contribution in [3.8, 4) is 10.6 Å². The number of aliphatic carboxylic acids is 1. The smallest absolute Gasteiger partial charge is 0.306 e. The molecule has 0 amide bonds. The van der Waals surface area contributed by atoms with Gasteiger partial charge in [-0.25, -0.2) is 9.97 Å². The van der Waals surface area contributed by atoms with Crippen LogP contribution < -0.4 is 4.90 Å². The summed E-state index contributed by atoms with van der Waals surface area (Å²) in [6, 6.07) is 4.03. The number of piperidine rings is 1. The van der Waals surface area contributed by atoms with Crippen LogP contribution in [0.4, 0.5) is 5.82 Å². The van der Waals surface area contributed by atoms with Gasteiger partial charge in [0.2, 0.25) is 0 Å². The second-order valence-corrected chi connectivity index (χ2v) is 6.52. The molecule has 3 aromatic heterocycles. The van der Waals surface area contributed by atoms with Crippen LogP contribution in [0, 0.1) is 5.92 Å². The third kappa shape index (κ3) is 2.44. The Morgan fingerprint density at radius 3 is 2.87 bits per heavy atom. The molecule has 2 N–H and O–H groups in total. The van der Waals surface area contributed by atoms with Crippen LogP contribution in [0.2, 0.25) is 0 Å². The molecule has 4 rings (SSSR count). The minimum Gasteiger partial charge on any atom is -0.481 e. The third-order valence-corrected chi connectivity index (χ3v) is 5.13. The fraction of sp³-hybridized carbons (Fsp3) is 0.333. The van der Waals surface area contributed by atoms with Crippen molar-refractivity contribution in [2.45, 2.75) is 12.8 Å². The molecule has 4 heterocycles. The number of thiophene rings is 1. The van der Waals surface area contributed by atoms with Gasteiger partial charge in [-0.3, -0.25) is 9.89 Å². The maximum Gasteiger partial charge on any atom is 0.306 e. The first kappa shape index (κ1) is 14.1. The van der Waals surface area contributed by atoms with Gasteiger partial charge in [-0.1, -0.05) is 6.07 Å². The topological polar surface area (TPSA) is 95.0 Å². The van der Waals surface area contributed by atoms with E-state index in [1.54, 1.807) is 11.3 Å². The summed E-state index contributed by atoms with van der Waals surface area (Å²) in [5.74, 6) is -0.138. The number of rotatable bonds is 3. The molecule has 8 heteroatoms. The molecule has 0 atom stereocenters. The summed E-state index contributed by atoms with van der Waals surface area (Å²) in [7, 11) is 0. The molecule has 1 aliphatic rings. The number of H-pyrrole nitrogens is 1. The van der Waals surface area contributed by atoms with Gasteiger partial charge in [-0.2, -0.15) is 5.10 Å². The lowest BCUT2D eigenvalue weighted by atomic mass is 9.97. The van der Waals surface area contributed by atoms with Crippen LogP contribution in [0.25, 0.3) is 21.6 Å². The predicted molar refractivity (Wildman–Crippen MR) is 87.6 cm³/mol. The Hall–Kier alpha value is -2.48. The summed E-state index contributed by atoms with van der Waals surface area (Å²) in [5.41, 5.74) is 1.56. The maximum absolute atomic E-state index is 11.1. The molecule has 23 heavy (non-hydrogen) atoms. The van der Waals surface area contributed by atoms with E-state index in [4.69, 9.17) is 5.11 Å². The Bertz CT molecular complexity index is 837. The third-order valence-electron chi connectivity index (χ3n) is 4.24. The first-order chi connectivity index (χ1) is 11.2. The SMILES string of the molecule is O=C(O)C1CCN(c2ncnc3n[nH]c(-c4cccs4)c23)CC1. The lowest BCUT2D eigenvalue weighted by molar-refractivity contribution is -0.142. The summed E-state index contributed by atoms with van der Waals surface area (Å²) >= 11 is 1.63. The van der Waals surface area contributed by atoms with E-state index < -0.39 is 5.97 Å². The fourth-order valence-electron chi connectivity index (χ4n) is 3.02. The van der Waals surface area contributed by atoms with Crippen LogP contribution in [-0.2, 0) is 4.79 Å².